The molecule has 0 unspecified atom stereocenters. The highest BCUT2D eigenvalue weighted by atomic mass is 32.2. The molecule has 24 heavy (non-hydrogen) atoms. The van der Waals surface area contributed by atoms with E-state index in [1.165, 1.54) is 11.8 Å². The molecule has 8 heteroatoms. The van der Waals surface area contributed by atoms with Crippen LogP contribution in [0.4, 0.5) is 0 Å². The maximum absolute atomic E-state index is 5.31. The fourth-order valence-electron chi connectivity index (χ4n) is 2.18. The van der Waals surface area contributed by atoms with Crippen LogP contribution in [0.5, 0.6) is 0 Å². The van der Waals surface area contributed by atoms with E-state index in [1.54, 1.807) is 11.3 Å². The van der Waals surface area contributed by atoms with Gasteiger partial charge in [-0.1, -0.05) is 46.7 Å². The van der Waals surface area contributed by atoms with Crippen LogP contribution in [0.1, 0.15) is 11.5 Å². The van der Waals surface area contributed by atoms with Crippen LogP contribution in [-0.2, 0) is 5.75 Å². The molecule has 1 N–H and O–H groups in total. The Morgan fingerprint density at radius 1 is 1.21 bits per heavy atom. The van der Waals surface area contributed by atoms with Crippen molar-refractivity contribution in [1.29, 1.82) is 0 Å². The van der Waals surface area contributed by atoms with Crippen LogP contribution >= 0.6 is 23.1 Å². The van der Waals surface area contributed by atoms with Crippen molar-refractivity contribution in [3.05, 3.63) is 53.2 Å². The Labute approximate surface area is 146 Å². The monoisotopic (exact) mass is 355 g/mol. The number of thioether (sulfide) groups is 1. The third kappa shape index (κ3) is 3.24. The molecule has 0 saturated carbocycles. The van der Waals surface area contributed by atoms with Gasteiger partial charge in [0.25, 0.3) is 0 Å². The summed E-state index contributed by atoms with van der Waals surface area (Å²) in [5.41, 5.74) is 2.11. The van der Waals surface area contributed by atoms with Crippen molar-refractivity contribution in [2.24, 2.45) is 0 Å². The van der Waals surface area contributed by atoms with Crippen molar-refractivity contribution in [3.8, 4) is 22.1 Å². The van der Waals surface area contributed by atoms with E-state index in [0.29, 0.717) is 22.6 Å². The lowest BCUT2D eigenvalue weighted by Gasteiger charge is -1.95. The van der Waals surface area contributed by atoms with E-state index in [2.05, 4.69) is 25.3 Å². The SMILES string of the molecule is Cc1cccc(-c2noc(CSc3n[nH]c(-c4cccs4)n3)n2)c1. The van der Waals surface area contributed by atoms with Crippen LogP contribution in [0.3, 0.4) is 0 Å². The lowest BCUT2D eigenvalue weighted by Crippen LogP contribution is -1.84. The molecular weight excluding hydrogens is 342 g/mol. The van der Waals surface area contributed by atoms with E-state index < -0.39 is 0 Å². The number of benzene rings is 1. The van der Waals surface area contributed by atoms with Crippen LogP contribution < -0.4 is 0 Å². The predicted octanol–water partition coefficient (Wildman–Crippen LogP) is 4.18. The third-order valence-corrected chi connectivity index (χ3v) is 5.00. The molecule has 0 saturated heterocycles. The van der Waals surface area contributed by atoms with Crippen LogP contribution in [0.25, 0.3) is 22.1 Å². The largest absolute Gasteiger partial charge is 0.338 e. The minimum Gasteiger partial charge on any atom is -0.338 e. The number of hydrogen-bond donors (Lipinski definition) is 1. The molecule has 1 aromatic carbocycles. The molecule has 0 aliphatic heterocycles. The third-order valence-electron chi connectivity index (χ3n) is 3.29. The standard InChI is InChI=1S/C16H13N5OS2/c1-10-4-2-5-11(8-10)14-17-13(22-21-14)9-24-16-18-15(19-20-16)12-6-3-7-23-12/h2-8H,9H2,1H3,(H,18,19,20). The molecule has 0 aliphatic rings. The van der Waals surface area contributed by atoms with Gasteiger partial charge in [-0.15, -0.1) is 16.4 Å². The fourth-order valence-corrected chi connectivity index (χ4v) is 3.48. The summed E-state index contributed by atoms with van der Waals surface area (Å²) in [6.07, 6.45) is 0. The molecule has 0 fully saturated rings. The summed E-state index contributed by atoms with van der Waals surface area (Å²) in [5, 5.41) is 13.9. The summed E-state index contributed by atoms with van der Waals surface area (Å²) < 4.78 is 5.31. The normalized spacial score (nSPS) is 11.0. The van der Waals surface area contributed by atoms with E-state index in [1.807, 2.05) is 48.7 Å². The van der Waals surface area contributed by atoms with E-state index in [-0.39, 0.29) is 0 Å². The van der Waals surface area contributed by atoms with Gasteiger partial charge in [0, 0.05) is 5.56 Å². The lowest BCUT2D eigenvalue weighted by molar-refractivity contribution is 0.391. The molecule has 0 amide bonds. The van der Waals surface area contributed by atoms with Gasteiger partial charge >= 0.3 is 0 Å². The Morgan fingerprint density at radius 2 is 2.17 bits per heavy atom. The highest BCUT2D eigenvalue weighted by Gasteiger charge is 2.12. The summed E-state index contributed by atoms with van der Waals surface area (Å²) in [6.45, 7) is 2.04. The van der Waals surface area contributed by atoms with Gasteiger partial charge in [-0.3, -0.25) is 5.10 Å². The first-order valence-corrected chi connectivity index (χ1v) is 9.13. The Morgan fingerprint density at radius 3 is 3.00 bits per heavy atom. The van der Waals surface area contributed by atoms with Gasteiger partial charge in [-0.05, 0) is 24.4 Å². The highest BCUT2D eigenvalue weighted by molar-refractivity contribution is 7.98. The smallest absolute Gasteiger partial charge is 0.237 e. The molecule has 6 nitrogen and oxygen atoms in total. The second-order valence-corrected chi connectivity index (χ2v) is 7.00. The molecule has 120 valence electrons. The van der Waals surface area contributed by atoms with E-state index in [0.717, 1.165) is 21.8 Å². The first kappa shape index (κ1) is 15.1. The van der Waals surface area contributed by atoms with Gasteiger partial charge in [0.1, 0.15) is 0 Å². The van der Waals surface area contributed by atoms with Gasteiger partial charge in [-0.25, -0.2) is 4.98 Å². The number of aromatic nitrogens is 5. The molecule has 0 aliphatic carbocycles. The first-order valence-electron chi connectivity index (χ1n) is 7.26. The van der Waals surface area contributed by atoms with Gasteiger partial charge < -0.3 is 4.52 Å². The number of H-pyrrole nitrogens is 1. The van der Waals surface area contributed by atoms with Crippen LogP contribution in [0, 0.1) is 6.92 Å². The topological polar surface area (TPSA) is 80.5 Å². The van der Waals surface area contributed by atoms with Gasteiger partial charge in [0.05, 0.1) is 10.6 Å². The predicted molar refractivity (Wildman–Crippen MR) is 93.7 cm³/mol. The Hall–Kier alpha value is -2.45. The molecule has 0 bridgehead atoms. The second kappa shape index (κ2) is 6.58. The minimum absolute atomic E-state index is 0.528. The summed E-state index contributed by atoms with van der Waals surface area (Å²) in [4.78, 5) is 9.96. The molecular formula is C16H13N5OS2. The molecule has 3 heterocycles. The molecule has 4 rings (SSSR count). The van der Waals surface area contributed by atoms with Crippen molar-refractivity contribution in [3.63, 3.8) is 0 Å². The second-order valence-electron chi connectivity index (χ2n) is 5.11. The highest BCUT2D eigenvalue weighted by Crippen LogP contribution is 2.25. The molecule has 0 radical (unpaired) electrons. The van der Waals surface area contributed by atoms with Crippen LogP contribution in [-0.4, -0.2) is 25.3 Å². The van der Waals surface area contributed by atoms with Gasteiger partial charge in [-0.2, -0.15) is 4.98 Å². The number of aryl methyl sites for hydroxylation is 1. The minimum atomic E-state index is 0.528. The van der Waals surface area contributed by atoms with Crippen LogP contribution in [0.2, 0.25) is 0 Å². The van der Waals surface area contributed by atoms with E-state index >= 15 is 0 Å². The fraction of sp³-hybridized carbons (Fsp3) is 0.125. The summed E-state index contributed by atoms with van der Waals surface area (Å²) >= 11 is 3.08. The van der Waals surface area contributed by atoms with Crippen molar-refractivity contribution in [1.82, 2.24) is 25.3 Å². The summed E-state index contributed by atoms with van der Waals surface area (Å²) in [7, 11) is 0. The van der Waals surface area contributed by atoms with Crippen molar-refractivity contribution in [2.45, 2.75) is 17.8 Å². The van der Waals surface area contributed by atoms with E-state index in [4.69, 9.17) is 4.52 Å². The van der Waals surface area contributed by atoms with E-state index in [9.17, 15) is 0 Å². The van der Waals surface area contributed by atoms with Crippen molar-refractivity contribution < 1.29 is 4.52 Å². The maximum atomic E-state index is 5.31. The zero-order valence-electron chi connectivity index (χ0n) is 12.8. The molecule has 4 aromatic rings. The Kier molecular flexibility index (Phi) is 4.14. The average molecular weight is 355 g/mol. The zero-order valence-corrected chi connectivity index (χ0v) is 14.4. The van der Waals surface area contributed by atoms with Gasteiger partial charge in [0.15, 0.2) is 5.82 Å². The quantitative estimate of drug-likeness (QED) is 0.541. The Bertz CT molecular complexity index is 945. The molecule has 3 aromatic heterocycles. The summed E-state index contributed by atoms with van der Waals surface area (Å²) in [6, 6.07) is 12.0. The number of hydrogen-bond acceptors (Lipinski definition) is 7. The van der Waals surface area contributed by atoms with Crippen LogP contribution in [0.15, 0.2) is 51.5 Å². The number of aromatic amines is 1. The summed E-state index contributed by atoms with van der Waals surface area (Å²) in [5.74, 6) is 2.46. The zero-order chi connectivity index (χ0) is 16.4. The molecule has 0 atom stereocenters. The van der Waals surface area contributed by atoms with Crippen molar-refractivity contribution >= 4 is 23.1 Å². The number of rotatable bonds is 5. The Balaban J connectivity index is 1.43. The van der Waals surface area contributed by atoms with Gasteiger partial charge in [0.2, 0.25) is 16.9 Å². The number of nitrogens with one attached hydrogen (secondary N) is 1. The average Bonchev–Trinajstić information content (AvgIpc) is 3.33. The lowest BCUT2D eigenvalue weighted by atomic mass is 10.1. The van der Waals surface area contributed by atoms with Crippen molar-refractivity contribution in [2.75, 3.05) is 0 Å². The number of thiophene rings is 1. The maximum Gasteiger partial charge on any atom is 0.237 e. The number of nitrogens with zero attached hydrogens (tertiary/aromatic N) is 4. The molecule has 0 spiro atoms. The first-order chi connectivity index (χ1) is 11.8.